The molecule has 1 fully saturated rings. The Balaban J connectivity index is 1.85. The number of aliphatic hydroxyl groups is 1. The molecule has 214 valence electrons. The van der Waals surface area contributed by atoms with E-state index in [-0.39, 0.29) is 23.7 Å². The summed E-state index contributed by atoms with van der Waals surface area (Å²) in [7, 11) is 0. The van der Waals surface area contributed by atoms with Gasteiger partial charge in [-0.3, -0.25) is 24.5 Å². The number of rotatable bonds is 1. The highest BCUT2D eigenvalue weighted by Gasteiger charge is 2.36. The minimum absolute atomic E-state index is 0.172. The van der Waals surface area contributed by atoms with Gasteiger partial charge in [0.1, 0.15) is 0 Å². The van der Waals surface area contributed by atoms with Crippen molar-refractivity contribution in [2.75, 3.05) is 0 Å². The second-order valence-corrected chi connectivity index (χ2v) is 11.2. The molecule has 4 N–H and O–H groups in total. The predicted molar refractivity (Wildman–Crippen MR) is 148 cm³/mol. The first-order valence-electron chi connectivity index (χ1n) is 14.0. The summed E-state index contributed by atoms with van der Waals surface area (Å²) in [5.41, 5.74) is 1.91. The molecule has 39 heavy (non-hydrogen) atoms. The molecule has 1 unspecified atom stereocenters. The van der Waals surface area contributed by atoms with Crippen LogP contribution in [0.15, 0.2) is 30.3 Å². The Kier molecular flexibility index (Phi) is 10.8. The Labute approximate surface area is 231 Å². The minimum atomic E-state index is -1.10. The molecule has 4 bridgehead atoms. The zero-order chi connectivity index (χ0) is 28.7. The number of carbonyl (C=O) groups excluding carboxylic acids is 4. The van der Waals surface area contributed by atoms with Crippen LogP contribution in [0, 0.1) is 11.8 Å². The van der Waals surface area contributed by atoms with Gasteiger partial charge in [0.05, 0.1) is 36.2 Å². The molecule has 2 aliphatic rings. The summed E-state index contributed by atoms with van der Waals surface area (Å²) >= 11 is 0. The fraction of sp³-hybridized carbons (Fsp3) is 0.600. The molecule has 1 aromatic rings. The summed E-state index contributed by atoms with van der Waals surface area (Å²) in [5, 5.41) is 19.5. The van der Waals surface area contributed by atoms with E-state index >= 15 is 0 Å². The fourth-order valence-corrected chi connectivity index (χ4v) is 4.98. The van der Waals surface area contributed by atoms with Gasteiger partial charge in [-0.1, -0.05) is 44.2 Å². The largest absolute Gasteiger partial charge is 0.452 e. The average Bonchev–Trinajstić information content (AvgIpc) is 2.92. The Morgan fingerprint density at radius 3 is 2.33 bits per heavy atom. The summed E-state index contributed by atoms with van der Waals surface area (Å²) < 4.78 is 5.53. The molecule has 0 spiro atoms. The third-order valence-electron chi connectivity index (χ3n) is 7.60. The third-order valence-corrected chi connectivity index (χ3v) is 7.60. The highest BCUT2D eigenvalue weighted by Crippen LogP contribution is 2.20. The molecule has 9 heteroatoms. The van der Waals surface area contributed by atoms with E-state index in [0.717, 1.165) is 11.1 Å². The van der Waals surface area contributed by atoms with Gasteiger partial charge in [0.25, 0.3) is 5.91 Å². The number of carbonyl (C=O) groups is 4. The van der Waals surface area contributed by atoms with Gasteiger partial charge in [-0.25, -0.2) is 0 Å². The molecule has 2 amide bonds. The summed E-state index contributed by atoms with van der Waals surface area (Å²) in [6, 6.07) is 5.66. The van der Waals surface area contributed by atoms with E-state index in [1.807, 2.05) is 43.3 Å². The first kappa shape index (κ1) is 30.5. The van der Waals surface area contributed by atoms with E-state index in [2.05, 4.69) is 16.0 Å². The smallest absolute Gasteiger partial charge is 0.312 e. The number of ether oxygens (including phenoxy) is 1. The molecule has 2 aliphatic heterocycles. The van der Waals surface area contributed by atoms with E-state index in [1.54, 1.807) is 27.7 Å². The molecule has 1 saturated heterocycles. The molecule has 3 rings (SSSR count). The second-order valence-electron chi connectivity index (χ2n) is 11.2. The Bertz CT molecular complexity index is 1070. The minimum Gasteiger partial charge on any atom is -0.452 e. The number of benzene rings is 1. The number of hydrogen-bond acceptors (Lipinski definition) is 7. The number of amides is 2. The van der Waals surface area contributed by atoms with E-state index in [1.165, 1.54) is 0 Å². The van der Waals surface area contributed by atoms with Gasteiger partial charge in [-0.15, -0.1) is 0 Å². The van der Waals surface area contributed by atoms with Crippen LogP contribution in [0.3, 0.4) is 0 Å². The molecule has 0 saturated carbocycles. The monoisotopic (exact) mass is 541 g/mol. The first-order valence-corrected chi connectivity index (χ1v) is 14.0. The zero-order valence-corrected chi connectivity index (χ0v) is 23.6. The maximum atomic E-state index is 13.2. The lowest BCUT2D eigenvalue weighted by Gasteiger charge is -2.32. The van der Waals surface area contributed by atoms with Gasteiger partial charge in [0, 0.05) is 0 Å². The number of ketones is 1. The highest BCUT2D eigenvalue weighted by atomic mass is 16.5. The van der Waals surface area contributed by atoms with Crippen LogP contribution < -0.4 is 16.0 Å². The van der Waals surface area contributed by atoms with E-state index in [4.69, 9.17) is 4.74 Å². The van der Waals surface area contributed by atoms with Crippen molar-refractivity contribution in [3.8, 4) is 0 Å². The first-order chi connectivity index (χ1) is 18.5. The molecule has 1 aromatic carbocycles. The van der Waals surface area contributed by atoms with Gasteiger partial charge in [0.2, 0.25) is 5.91 Å². The lowest BCUT2D eigenvalue weighted by Crippen LogP contribution is -2.58. The highest BCUT2D eigenvalue weighted by molar-refractivity contribution is 5.94. The quantitative estimate of drug-likeness (QED) is 0.402. The van der Waals surface area contributed by atoms with E-state index in [0.29, 0.717) is 32.1 Å². The van der Waals surface area contributed by atoms with Crippen LogP contribution in [-0.4, -0.2) is 59.0 Å². The Morgan fingerprint density at radius 1 is 0.923 bits per heavy atom. The topological polar surface area (TPSA) is 134 Å². The van der Waals surface area contributed by atoms with Crippen LogP contribution in [0.2, 0.25) is 0 Å². The van der Waals surface area contributed by atoms with Crippen molar-refractivity contribution in [3.63, 3.8) is 0 Å². The summed E-state index contributed by atoms with van der Waals surface area (Å²) in [5.74, 6) is -2.78. The normalized spacial score (nSPS) is 32.7. The number of hydrogen-bond donors (Lipinski definition) is 4. The number of cyclic esters (lactones) is 1. The maximum absolute atomic E-state index is 13.2. The maximum Gasteiger partial charge on any atom is 0.312 e. The molecular formula is C30H43N3O6. The SMILES string of the molecule is CC(C)[C@@H]1OC(=O)[C@H](C)[C@H](O)CC/C=C/c2cccc(c2)[C@@H](C)NC(=O)[C@@H]2CCCC(N2)C(=O)[C@H](C)NC1=O. The number of allylic oxidation sites excluding steroid dienone is 1. The van der Waals surface area contributed by atoms with Crippen LogP contribution in [0.25, 0.3) is 6.08 Å². The van der Waals surface area contributed by atoms with Gasteiger partial charge in [0.15, 0.2) is 11.9 Å². The van der Waals surface area contributed by atoms with Crippen molar-refractivity contribution in [1.29, 1.82) is 0 Å². The molecule has 9 nitrogen and oxygen atoms in total. The van der Waals surface area contributed by atoms with Gasteiger partial charge < -0.3 is 20.5 Å². The van der Waals surface area contributed by atoms with Crippen LogP contribution in [0.5, 0.6) is 0 Å². The fourth-order valence-electron chi connectivity index (χ4n) is 4.98. The second kappa shape index (κ2) is 13.8. The van der Waals surface area contributed by atoms with Crippen molar-refractivity contribution >= 4 is 29.6 Å². The lowest BCUT2D eigenvalue weighted by molar-refractivity contribution is -0.165. The predicted octanol–water partition coefficient (Wildman–Crippen LogP) is 2.82. The van der Waals surface area contributed by atoms with Crippen molar-refractivity contribution in [2.24, 2.45) is 11.8 Å². The van der Waals surface area contributed by atoms with Crippen molar-refractivity contribution in [3.05, 3.63) is 41.5 Å². The van der Waals surface area contributed by atoms with Crippen LogP contribution in [-0.2, 0) is 23.9 Å². The number of piperidine rings is 1. The molecule has 2 heterocycles. The Morgan fingerprint density at radius 2 is 1.62 bits per heavy atom. The molecule has 0 radical (unpaired) electrons. The summed E-state index contributed by atoms with van der Waals surface area (Å²) in [6.45, 7) is 8.60. The van der Waals surface area contributed by atoms with Gasteiger partial charge >= 0.3 is 5.97 Å². The van der Waals surface area contributed by atoms with Gasteiger partial charge in [-0.05, 0) is 76.0 Å². The number of Topliss-reactive ketones (excluding diaryl/α,β-unsaturated/α-hetero) is 1. The molecule has 7 atom stereocenters. The number of aliphatic hydroxyl groups excluding tert-OH is 1. The van der Waals surface area contributed by atoms with E-state index in [9.17, 15) is 24.3 Å². The van der Waals surface area contributed by atoms with Crippen molar-refractivity contribution in [1.82, 2.24) is 16.0 Å². The van der Waals surface area contributed by atoms with Crippen molar-refractivity contribution in [2.45, 2.75) is 103 Å². The average molecular weight is 542 g/mol. The zero-order valence-electron chi connectivity index (χ0n) is 23.6. The standard InChI is InChI=1S/C30H43N3O6/c1-17(2)27-29(37)32-20(5)26(35)23-13-9-14-24(33-23)28(36)31-19(4)22-12-8-11-21(16-22)10-6-7-15-25(34)18(3)30(38)39-27/h6,8,10-12,16-20,23-25,27,33-34H,7,9,13-15H2,1-5H3,(H,31,36)(H,32,37)/b10-6+/t18-,19-,20+,23?,24+,25-,27+/m1/s1. The lowest BCUT2D eigenvalue weighted by atomic mass is 9.92. The number of nitrogens with one attached hydrogen (secondary N) is 3. The summed E-state index contributed by atoms with van der Waals surface area (Å²) in [4.78, 5) is 52.1. The van der Waals surface area contributed by atoms with E-state index < -0.39 is 48.1 Å². The molecule has 0 aliphatic carbocycles. The molecular weight excluding hydrogens is 498 g/mol. The van der Waals surface area contributed by atoms with Crippen LogP contribution in [0.4, 0.5) is 0 Å². The van der Waals surface area contributed by atoms with Gasteiger partial charge in [-0.2, -0.15) is 0 Å². The number of fused-ring (bicyclic) bond motifs is 4. The van der Waals surface area contributed by atoms with Crippen LogP contribution in [0.1, 0.15) is 83.9 Å². The van der Waals surface area contributed by atoms with Crippen LogP contribution >= 0.6 is 0 Å². The van der Waals surface area contributed by atoms with Crippen molar-refractivity contribution < 1.29 is 29.0 Å². The number of esters is 1. The summed E-state index contributed by atoms with van der Waals surface area (Å²) in [6.07, 6.45) is 4.59. The third kappa shape index (κ3) is 8.22. The molecule has 0 aromatic heterocycles. The Hall–Kier alpha value is -3.04.